The van der Waals surface area contributed by atoms with Crippen LogP contribution in [0.3, 0.4) is 0 Å². The Morgan fingerprint density at radius 2 is 2.12 bits per heavy atom. The summed E-state index contributed by atoms with van der Waals surface area (Å²) in [6.45, 7) is 0. The van der Waals surface area contributed by atoms with E-state index in [1.807, 2.05) is 0 Å². The van der Waals surface area contributed by atoms with Gasteiger partial charge in [-0.05, 0) is 12.1 Å². The summed E-state index contributed by atoms with van der Waals surface area (Å²) in [5.74, 6) is -0.498. The van der Waals surface area contributed by atoms with Crippen LogP contribution in [0, 0.1) is 5.82 Å². The molecule has 16 heavy (non-hydrogen) atoms. The molecule has 0 spiro atoms. The molecule has 2 rings (SSSR count). The molecule has 1 aromatic heterocycles. The third-order valence-electron chi connectivity index (χ3n) is 1.81. The number of nitrogens with zero attached hydrogens (tertiary/aromatic N) is 2. The SMILES string of the molecule is Nc1cc(Cl)c(F)cc1Sc1cnccn1. The molecule has 1 aromatic carbocycles. The van der Waals surface area contributed by atoms with E-state index in [0.29, 0.717) is 15.6 Å². The van der Waals surface area contributed by atoms with E-state index in [-0.39, 0.29) is 5.02 Å². The summed E-state index contributed by atoms with van der Waals surface area (Å²) in [6, 6.07) is 2.67. The largest absolute Gasteiger partial charge is 0.398 e. The third kappa shape index (κ3) is 2.43. The van der Waals surface area contributed by atoms with Crippen molar-refractivity contribution in [3.05, 3.63) is 41.6 Å². The van der Waals surface area contributed by atoms with Crippen molar-refractivity contribution < 1.29 is 4.39 Å². The Balaban J connectivity index is 2.32. The van der Waals surface area contributed by atoms with Crippen LogP contribution < -0.4 is 5.73 Å². The maximum atomic E-state index is 13.2. The Morgan fingerprint density at radius 1 is 1.31 bits per heavy atom. The van der Waals surface area contributed by atoms with Gasteiger partial charge in [-0.1, -0.05) is 23.4 Å². The Hall–Kier alpha value is -1.33. The zero-order chi connectivity index (χ0) is 11.5. The molecule has 2 aromatic rings. The first-order valence-electron chi connectivity index (χ1n) is 4.35. The lowest BCUT2D eigenvalue weighted by molar-refractivity contribution is 0.625. The number of hydrogen-bond acceptors (Lipinski definition) is 4. The zero-order valence-corrected chi connectivity index (χ0v) is 9.60. The molecule has 0 bridgehead atoms. The van der Waals surface area contributed by atoms with Crippen molar-refractivity contribution in [2.75, 3.05) is 5.73 Å². The van der Waals surface area contributed by atoms with Crippen LogP contribution in [0.25, 0.3) is 0 Å². The minimum absolute atomic E-state index is 0.0148. The molecule has 82 valence electrons. The molecule has 6 heteroatoms. The standard InChI is InChI=1S/C10H7ClFN3S/c11-6-3-8(13)9(4-7(6)12)16-10-5-14-1-2-15-10/h1-5H,13H2. The molecule has 0 radical (unpaired) electrons. The van der Waals surface area contributed by atoms with Crippen molar-refractivity contribution in [2.45, 2.75) is 9.92 Å². The normalized spacial score (nSPS) is 10.4. The molecule has 0 amide bonds. The van der Waals surface area contributed by atoms with Gasteiger partial charge in [0.2, 0.25) is 0 Å². The Kier molecular flexibility index (Phi) is 3.26. The summed E-state index contributed by atoms with van der Waals surface area (Å²) in [5.41, 5.74) is 6.14. The van der Waals surface area contributed by atoms with Crippen molar-refractivity contribution in [1.29, 1.82) is 0 Å². The molecule has 0 aliphatic rings. The van der Waals surface area contributed by atoms with E-state index < -0.39 is 5.82 Å². The summed E-state index contributed by atoms with van der Waals surface area (Å²) in [6.07, 6.45) is 4.71. The van der Waals surface area contributed by atoms with Gasteiger partial charge in [0.1, 0.15) is 10.8 Å². The molecule has 0 aliphatic heterocycles. The van der Waals surface area contributed by atoms with Crippen molar-refractivity contribution in [3.63, 3.8) is 0 Å². The summed E-state index contributed by atoms with van der Waals surface area (Å²) in [7, 11) is 0. The summed E-state index contributed by atoms with van der Waals surface area (Å²) >= 11 is 6.84. The number of aromatic nitrogens is 2. The Bertz CT molecular complexity index is 507. The molecule has 0 fully saturated rings. The zero-order valence-electron chi connectivity index (χ0n) is 8.02. The second-order valence-corrected chi connectivity index (χ2v) is 4.42. The van der Waals surface area contributed by atoms with Crippen molar-refractivity contribution in [2.24, 2.45) is 0 Å². The van der Waals surface area contributed by atoms with E-state index in [0.717, 1.165) is 0 Å². The number of hydrogen-bond donors (Lipinski definition) is 1. The third-order valence-corrected chi connectivity index (χ3v) is 3.09. The minimum Gasteiger partial charge on any atom is -0.398 e. The van der Waals surface area contributed by atoms with Crippen molar-refractivity contribution >= 4 is 29.1 Å². The van der Waals surface area contributed by atoms with Gasteiger partial charge >= 0.3 is 0 Å². The Morgan fingerprint density at radius 3 is 2.81 bits per heavy atom. The van der Waals surface area contributed by atoms with Gasteiger partial charge < -0.3 is 5.73 Å². The first-order valence-corrected chi connectivity index (χ1v) is 5.54. The van der Waals surface area contributed by atoms with Gasteiger partial charge in [0.05, 0.1) is 11.2 Å². The second kappa shape index (κ2) is 4.67. The van der Waals surface area contributed by atoms with E-state index in [1.54, 1.807) is 18.6 Å². The quantitative estimate of drug-likeness (QED) is 0.838. The summed E-state index contributed by atoms with van der Waals surface area (Å²) < 4.78 is 13.2. The maximum absolute atomic E-state index is 13.2. The van der Waals surface area contributed by atoms with Crippen LogP contribution in [0.4, 0.5) is 10.1 Å². The van der Waals surface area contributed by atoms with E-state index in [1.165, 1.54) is 23.9 Å². The van der Waals surface area contributed by atoms with Crippen LogP contribution in [0.15, 0.2) is 40.6 Å². The molecule has 0 saturated heterocycles. The van der Waals surface area contributed by atoms with Crippen LogP contribution in [-0.4, -0.2) is 9.97 Å². The highest BCUT2D eigenvalue weighted by molar-refractivity contribution is 7.99. The molecular weight excluding hydrogens is 249 g/mol. The highest BCUT2D eigenvalue weighted by atomic mass is 35.5. The molecule has 0 saturated carbocycles. The second-order valence-electron chi connectivity index (χ2n) is 2.95. The fraction of sp³-hybridized carbons (Fsp3) is 0. The molecule has 0 aliphatic carbocycles. The lowest BCUT2D eigenvalue weighted by Crippen LogP contribution is -1.91. The number of rotatable bonds is 2. The van der Waals surface area contributed by atoms with Gasteiger partial charge in [0.15, 0.2) is 0 Å². The fourth-order valence-corrected chi connectivity index (χ4v) is 2.05. The number of benzene rings is 1. The van der Waals surface area contributed by atoms with Crippen LogP contribution >= 0.6 is 23.4 Å². The summed E-state index contributed by atoms with van der Waals surface area (Å²) in [5, 5.41) is 0.664. The van der Waals surface area contributed by atoms with Crippen LogP contribution in [-0.2, 0) is 0 Å². The first-order chi connectivity index (χ1) is 7.66. The monoisotopic (exact) mass is 255 g/mol. The molecule has 0 atom stereocenters. The minimum atomic E-state index is -0.498. The average Bonchev–Trinajstić information content (AvgIpc) is 2.27. The lowest BCUT2D eigenvalue weighted by Gasteiger charge is -2.05. The first kappa shape index (κ1) is 11.2. The van der Waals surface area contributed by atoms with Crippen LogP contribution in [0.5, 0.6) is 0 Å². The molecule has 2 N–H and O–H groups in total. The van der Waals surface area contributed by atoms with E-state index in [9.17, 15) is 4.39 Å². The number of halogens is 2. The van der Waals surface area contributed by atoms with E-state index in [2.05, 4.69) is 9.97 Å². The topological polar surface area (TPSA) is 51.8 Å². The maximum Gasteiger partial charge on any atom is 0.143 e. The lowest BCUT2D eigenvalue weighted by atomic mass is 10.3. The number of nitrogens with two attached hydrogens (primary N) is 1. The highest BCUT2D eigenvalue weighted by Crippen LogP contribution is 2.33. The predicted molar refractivity (Wildman–Crippen MR) is 62.0 cm³/mol. The van der Waals surface area contributed by atoms with Gasteiger partial charge in [0, 0.05) is 23.0 Å². The molecule has 3 nitrogen and oxygen atoms in total. The Labute approximate surface area is 101 Å². The smallest absolute Gasteiger partial charge is 0.143 e. The number of anilines is 1. The summed E-state index contributed by atoms with van der Waals surface area (Å²) in [4.78, 5) is 8.53. The van der Waals surface area contributed by atoms with Crippen molar-refractivity contribution in [3.8, 4) is 0 Å². The average molecular weight is 256 g/mol. The molecular formula is C10H7ClFN3S. The van der Waals surface area contributed by atoms with Gasteiger partial charge in [-0.25, -0.2) is 9.37 Å². The van der Waals surface area contributed by atoms with E-state index >= 15 is 0 Å². The van der Waals surface area contributed by atoms with E-state index in [4.69, 9.17) is 17.3 Å². The van der Waals surface area contributed by atoms with Crippen LogP contribution in [0.2, 0.25) is 5.02 Å². The van der Waals surface area contributed by atoms with Gasteiger partial charge in [-0.15, -0.1) is 0 Å². The fourth-order valence-electron chi connectivity index (χ4n) is 1.08. The van der Waals surface area contributed by atoms with Gasteiger partial charge in [0.25, 0.3) is 0 Å². The van der Waals surface area contributed by atoms with Gasteiger partial charge in [-0.2, -0.15) is 0 Å². The molecule has 1 heterocycles. The number of nitrogen functional groups attached to an aromatic ring is 1. The molecule has 0 unspecified atom stereocenters. The van der Waals surface area contributed by atoms with Gasteiger partial charge in [-0.3, -0.25) is 4.98 Å². The highest BCUT2D eigenvalue weighted by Gasteiger charge is 2.08. The van der Waals surface area contributed by atoms with Crippen LogP contribution in [0.1, 0.15) is 0 Å². The van der Waals surface area contributed by atoms with Crippen molar-refractivity contribution in [1.82, 2.24) is 9.97 Å². The predicted octanol–water partition coefficient (Wildman–Crippen LogP) is 3.00.